The molecular weight excluding hydrogens is 242 g/mol. The lowest BCUT2D eigenvalue weighted by Crippen LogP contribution is -2.30. The molecule has 6 heteroatoms. The second-order valence-corrected chi connectivity index (χ2v) is 4.73. The van der Waals surface area contributed by atoms with Crippen molar-refractivity contribution >= 4 is 5.91 Å². The Morgan fingerprint density at radius 1 is 1.42 bits per heavy atom. The number of carbonyl (C=O) groups excluding carboxylic acids is 1. The van der Waals surface area contributed by atoms with Gasteiger partial charge in [0.15, 0.2) is 0 Å². The van der Waals surface area contributed by atoms with E-state index in [0.717, 1.165) is 17.0 Å². The summed E-state index contributed by atoms with van der Waals surface area (Å²) >= 11 is 0. The number of amides is 1. The summed E-state index contributed by atoms with van der Waals surface area (Å²) in [5.74, 6) is -0.0532. The van der Waals surface area contributed by atoms with Gasteiger partial charge < -0.3 is 5.32 Å². The van der Waals surface area contributed by atoms with Crippen LogP contribution in [0.4, 0.5) is 0 Å². The third-order valence-electron chi connectivity index (χ3n) is 3.34. The first-order valence-corrected chi connectivity index (χ1v) is 6.25. The molecule has 0 aliphatic heterocycles. The van der Waals surface area contributed by atoms with Gasteiger partial charge >= 0.3 is 0 Å². The molecule has 0 bridgehead atoms. The molecule has 0 fully saturated rings. The van der Waals surface area contributed by atoms with Crippen LogP contribution in [0.15, 0.2) is 18.5 Å². The van der Waals surface area contributed by atoms with E-state index >= 15 is 0 Å². The average molecular weight is 261 g/mol. The van der Waals surface area contributed by atoms with E-state index < -0.39 is 0 Å². The lowest BCUT2D eigenvalue weighted by atomic mass is 10.1. The van der Waals surface area contributed by atoms with Crippen molar-refractivity contribution in [2.45, 2.75) is 33.4 Å². The van der Waals surface area contributed by atoms with Crippen LogP contribution in [0.2, 0.25) is 0 Å². The molecule has 0 aromatic carbocycles. The lowest BCUT2D eigenvalue weighted by molar-refractivity contribution is -0.122. The third kappa shape index (κ3) is 2.83. The van der Waals surface area contributed by atoms with E-state index in [-0.39, 0.29) is 18.5 Å². The fourth-order valence-corrected chi connectivity index (χ4v) is 2.01. The highest BCUT2D eigenvalue weighted by Gasteiger charge is 2.15. The zero-order chi connectivity index (χ0) is 14.0. The van der Waals surface area contributed by atoms with Crippen molar-refractivity contribution in [1.82, 2.24) is 24.9 Å². The summed E-state index contributed by atoms with van der Waals surface area (Å²) in [7, 11) is 1.89. The maximum absolute atomic E-state index is 12.0. The Bertz CT molecular complexity index is 584. The van der Waals surface area contributed by atoms with Crippen LogP contribution in [-0.4, -0.2) is 25.5 Å². The van der Waals surface area contributed by atoms with Gasteiger partial charge in [0, 0.05) is 30.2 Å². The number of rotatable bonds is 4. The number of nitrogens with zero attached hydrogens (tertiary/aromatic N) is 4. The van der Waals surface area contributed by atoms with Gasteiger partial charge in [-0.05, 0) is 26.8 Å². The Labute approximate surface area is 112 Å². The van der Waals surface area contributed by atoms with E-state index in [4.69, 9.17) is 0 Å². The van der Waals surface area contributed by atoms with Crippen molar-refractivity contribution in [2.24, 2.45) is 7.05 Å². The summed E-state index contributed by atoms with van der Waals surface area (Å²) in [6, 6.07) is 1.82. The smallest absolute Gasteiger partial charge is 0.242 e. The summed E-state index contributed by atoms with van der Waals surface area (Å²) in [5, 5.41) is 11.2. The molecule has 0 radical (unpaired) electrons. The molecule has 1 N–H and O–H groups in total. The molecule has 2 rings (SSSR count). The summed E-state index contributed by atoms with van der Waals surface area (Å²) in [6.45, 7) is 6.11. The first-order valence-electron chi connectivity index (χ1n) is 6.25. The molecule has 0 aliphatic rings. The molecule has 6 nitrogen and oxygen atoms in total. The van der Waals surface area contributed by atoms with Crippen LogP contribution in [0, 0.1) is 13.8 Å². The summed E-state index contributed by atoms with van der Waals surface area (Å²) in [6.07, 6.45) is 3.48. The summed E-state index contributed by atoms with van der Waals surface area (Å²) < 4.78 is 3.48. The van der Waals surface area contributed by atoms with Crippen LogP contribution in [0.5, 0.6) is 0 Å². The molecular formula is C13H19N5O. The highest BCUT2D eigenvalue weighted by Crippen LogP contribution is 2.15. The van der Waals surface area contributed by atoms with E-state index in [9.17, 15) is 4.79 Å². The van der Waals surface area contributed by atoms with Crippen LogP contribution in [0.1, 0.15) is 29.9 Å². The number of nitrogens with one attached hydrogen (secondary N) is 1. The first kappa shape index (κ1) is 13.3. The van der Waals surface area contributed by atoms with Gasteiger partial charge in [0.1, 0.15) is 6.54 Å². The van der Waals surface area contributed by atoms with Crippen LogP contribution in [-0.2, 0) is 18.4 Å². The fourth-order valence-electron chi connectivity index (χ4n) is 2.01. The second kappa shape index (κ2) is 5.26. The Morgan fingerprint density at radius 2 is 2.16 bits per heavy atom. The molecule has 2 aromatic rings. The molecule has 1 atom stereocenters. The van der Waals surface area contributed by atoms with Crippen LogP contribution in [0.25, 0.3) is 0 Å². The molecule has 19 heavy (non-hydrogen) atoms. The highest BCUT2D eigenvalue weighted by atomic mass is 16.2. The third-order valence-corrected chi connectivity index (χ3v) is 3.34. The minimum absolute atomic E-state index is 0.0532. The Balaban J connectivity index is 1.99. The van der Waals surface area contributed by atoms with Gasteiger partial charge in [-0.25, -0.2) is 0 Å². The van der Waals surface area contributed by atoms with Gasteiger partial charge in [-0.3, -0.25) is 14.2 Å². The van der Waals surface area contributed by atoms with Gasteiger partial charge in [0.05, 0.1) is 12.2 Å². The van der Waals surface area contributed by atoms with E-state index in [1.54, 1.807) is 21.8 Å². The topological polar surface area (TPSA) is 64.7 Å². The largest absolute Gasteiger partial charge is 0.348 e. The quantitative estimate of drug-likeness (QED) is 0.896. The Kier molecular flexibility index (Phi) is 3.69. The van der Waals surface area contributed by atoms with Crippen molar-refractivity contribution in [3.63, 3.8) is 0 Å². The number of aromatic nitrogens is 4. The van der Waals surface area contributed by atoms with E-state index in [1.165, 1.54) is 0 Å². The average Bonchev–Trinajstić information content (AvgIpc) is 2.88. The zero-order valence-electron chi connectivity index (χ0n) is 11.7. The predicted molar refractivity (Wildman–Crippen MR) is 71.5 cm³/mol. The maximum atomic E-state index is 12.0. The standard InChI is InChI=1S/C13H19N5O/c1-9-5-6-14-18(9)8-13(19)16-10(2)12-7-15-17(4)11(12)3/h5-7,10H,8H2,1-4H3,(H,16,19). The van der Waals surface area contributed by atoms with Crippen molar-refractivity contribution in [3.8, 4) is 0 Å². The first-order chi connectivity index (χ1) is 8.99. The molecule has 0 aliphatic carbocycles. The second-order valence-electron chi connectivity index (χ2n) is 4.73. The lowest BCUT2D eigenvalue weighted by Gasteiger charge is -2.14. The van der Waals surface area contributed by atoms with Crippen molar-refractivity contribution in [2.75, 3.05) is 0 Å². The van der Waals surface area contributed by atoms with Gasteiger partial charge in [0.2, 0.25) is 5.91 Å². The molecule has 2 heterocycles. The van der Waals surface area contributed by atoms with Crippen molar-refractivity contribution in [3.05, 3.63) is 35.4 Å². The molecule has 1 amide bonds. The van der Waals surface area contributed by atoms with Crippen LogP contribution < -0.4 is 5.32 Å². The van der Waals surface area contributed by atoms with Crippen molar-refractivity contribution < 1.29 is 4.79 Å². The molecule has 102 valence electrons. The van der Waals surface area contributed by atoms with Gasteiger partial charge in [-0.2, -0.15) is 10.2 Å². The Morgan fingerprint density at radius 3 is 2.68 bits per heavy atom. The van der Waals surface area contributed by atoms with E-state index in [1.807, 2.05) is 33.9 Å². The number of carbonyl (C=O) groups is 1. The van der Waals surface area contributed by atoms with Gasteiger partial charge in [0.25, 0.3) is 0 Å². The SMILES string of the molecule is Cc1c(C(C)NC(=O)Cn2nccc2C)cnn1C. The minimum atomic E-state index is -0.0583. The van der Waals surface area contributed by atoms with Crippen LogP contribution in [0.3, 0.4) is 0 Å². The van der Waals surface area contributed by atoms with E-state index in [2.05, 4.69) is 15.5 Å². The molecule has 1 unspecified atom stereocenters. The maximum Gasteiger partial charge on any atom is 0.242 e. The normalized spacial score (nSPS) is 12.4. The van der Waals surface area contributed by atoms with E-state index in [0.29, 0.717) is 0 Å². The summed E-state index contributed by atoms with van der Waals surface area (Å²) in [4.78, 5) is 12.0. The number of aryl methyl sites for hydroxylation is 2. The van der Waals surface area contributed by atoms with Gasteiger partial charge in [-0.1, -0.05) is 0 Å². The zero-order valence-corrected chi connectivity index (χ0v) is 11.7. The molecule has 2 aromatic heterocycles. The fraction of sp³-hybridized carbons (Fsp3) is 0.462. The van der Waals surface area contributed by atoms with Crippen LogP contribution >= 0.6 is 0 Å². The molecule has 0 spiro atoms. The number of hydrogen-bond acceptors (Lipinski definition) is 3. The summed E-state index contributed by atoms with van der Waals surface area (Å²) in [5.41, 5.74) is 3.07. The minimum Gasteiger partial charge on any atom is -0.348 e. The highest BCUT2D eigenvalue weighted by molar-refractivity contribution is 5.76. The molecule has 0 saturated carbocycles. The monoisotopic (exact) mass is 261 g/mol. The van der Waals surface area contributed by atoms with Crippen molar-refractivity contribution in [1.29, 1.82) is 0 Å². The predicted octanol–water partition coefficient (Wildman–Crippen LogP) is 1.11. The van der Waals surface area contributed by atoms with Gasteiger partial charge in [-0.15, -0.1) is 0 Å². The Hall–Kier alpha value is -2.11. The molecule has 0 saturated heterocycles. The number of hydrogen-bond donors (Lipinski definition) is 1.